The van der Waals surface area contributed by atoms with Gasteiger partial charge in [0.2, 0.25) is 0 Å². The second kappa shape index (κ2) is 15.0. The molecule has 0 bridgehead atoms. The lowest BCUT2D eigenvalue weighted by Gasteiger charge is -2.17. The first-order valence-electron chi connectivity index (χ1n) is 14.1. The molecule has 0 aromatic heterocycles. The van der Waals surface area contributed by atoms with Gasteiger partial charge in [0.25, 0.3) is 11.8 Å². The molecule has 0 spiro atoms. The molecule has 0 atom stereocenters. The van der Waals surface area contributed by atoms with Gasteiger partial charge in [-0.3, -0.25) is 14.5 Å². The maximum absolute atomic E-state index is 13.6. The Labute approximate surface area is 285 Å². The van der Waals surface area contributed by atoms with Crippen molar-refractivity contribution in [3.05, 3.63) is 135 Å². The van der Waals surface area contributed by atoms with E-state index in [-0.39, 0.29) is 12.5 Å². The summed E-state index contributed by atoms with van der Waals surface area (Å²) in [6.45, 7) is 6.35. The van der Waals surface area contributed by atoms with Crippen LogP contribution in [0.15, 0.2) is 96.4 Å². The molecule has 1 aliphatic rings. The fraction of sp³-hybridized carbons (Fsp3) is 0.114. The van der Waals surface area contributed by atoms with Crippen molar-refractivity contribution in [2.75, 3.05) is 16.8 Å². The van der Waals surface area contributed by atoms with Gasteiger partial charge in [-0.05, 0) is 91.7 Å². The van der Waals surface area contributed by atoms with Crippen LogP contribution in [0.25, 0.3) is 6.08 Å². The summed E-state index contributed by atoms with van der Waals surface area (Å²) < 4.78 is 25.8. The Kier molecular flexibility index (Phi) is 10.8. The molecule has 234 valence electrons. The molecule has 1 heterocycles. The van der Waals surface area contributed by atoms with Crippen molar-refractivity contribution in [2.45, 2.75) is 20.0 Å². The van der Waals surface area contributed by atoms with E-state index >= 15 is 0 Å². The van der Waals surface area contributed by atoms with Crippen LogP contribution in [0, 0.1) is 5.82 Å². The minimum absolute atomic E-state index is 0.194. The predicted octanol–water partition coefficient (Wildman–Crippen LogP) is 9.50. The third kappa shape index (κ3) is 7.79. The summed E-state index contributed by atoms with van der Waals surface area (Å²) in [5, 5.41) is 3.75. The van der Waals surface area contributed by atoms with Crippen LogP contribution < -0.4 is 19.7 Å². The fourth-order valence-electron chi connectivity index (χ4n) is 4.65. The van der Waals surface area contributed by atoms with E-state index in [0.29, 0.717) is 66.3 Å². The van der Waals surface area contributed by atoms with E-state index in [9.17, 15) is 14.0 Å². The van der Waals surface area contributed by atoms with Gasteiger partial charge in [0, 0.05) is 32.4 Å². The van der Waals surface area contributed by atoms with Crippen molar-refractivity contribution >= 4 is 80.8 Å². The number of hydrogen-bond donors (Lipinski definition) is 1. The van der Waals surface area contributed by atoms with Crippen LogP contribution in [0.1, 0.15) is 34.0 Å². The van der Waals surface area contributed by atoms with Gasteiger partial charge in [-0.25, -0.2) is 4.39 Å². The first kappa shape index (κ1) is 33.2. The van der Waals surface area contributed by atoms with Gasteiger partial charge in [-0.2, -0.15) is 0 Å². The molecule has 2 amide bonds. The average Bonchev–Trinajstić information content (AvgIpc) is 3.30. The Morgan fingerprint density at radius 1 is 1.04 bits per heavy atom. The summed E-state index contributed by atoms with van der Waals surface area (Å²) >= 11 is 19.2. The van der Waals surface area contributed by atoms with E-state index in [1.54, 1.807) is 48.6 Å². The van der Waals surface area contributed by atoms with Gasteiger partial charge in [0.1, 0.15) is 12.4 Å². The highest BCUT2D eigenvalue weighted by Gasteiger charge is 2.34. The van der Waals surface area contributed by atoms with Gasteiger partial charge in [0.05, 0.1) is 17.2 Å². The molecule has 0 aliphatic carbocycles. The molecule has 0 unspecified atom stereocenters. The molecule has 4 aromatic carbocycles. The minimum Gasteiger partial charge on any atom is -0.490 e. The number of nitrogens with zero attached hydrogens (tertiary/aromatic N) is 1. The van der Waals surface area contributed by atoms with Gasteiger partial charge in [-0.15, -0.1) is 6.58 Å². The lowest BCUT2D eigenvalue weighted by Crippen LogP contribution is -2.27. The molecule has 0 radical (unpaired) electrons. The van der Waals surface area contributed by atoms with Crippen LogP contribution in [0.4, 0.5) is 15.8 Å². The molecule has 4 aromatic rings. The fourth-order valence-corrected chi connectivity index (χ4v) is 6.42. The molecule has 1 aliphatic heterocycles. The Morgan fingerprint density at radius 3 is 2.54 bits per heavy atom. The molecule has 1 N–H and O–H groups in total. The van der Waals surface area contributed by atoms with Crippen LogP contribution in [0.5, 0.6) is 11.5 Å². The topological polar surface area (TPSA) is 67.9 Å². The number of ether oxygens (including phenoxy) is 2. The Morgan fingerprint density at radius 2 is 1.83 bits per heavy atom. The van der Waals surface area contributed by atoms with Crippen molar-refractivity contribution in [3.8, 4) is 11.5 Å². The number of allylic oxidation sites excluding steroid dienone is 1. The summed E-state index contributed by atoms with van der Waals surface area (Å²) in [6.07, 6.45) is 3.99. The van der Waals surface area contributed by atoms with Crippen LogP contribution in [-0.4, -0.2) is 22.7 Å². The van der Waals surface area contributed by atoms with E-state index < -0.39 is 11.7 Å². The maximum atomic E-state index is 13.6. The number of carbonyl (C=O) groups is 2. The standard InChI is InChI=1S/C35H27Cl2FN2O4S2/c1-3-6-22-15-21(16-30(43-4-2)32(22)44-20-24-9-10-25(36)19-29(24)37)17-31-34(42)40(35(45)46-31)28-8-5-7-23(18-28)33(41)39-27-13-11-26(38)12-14-27/h3,5,7-19H,1,4,6,20H2,2H3,(H,39,41)/b31-17+. The number of benzene rings is 4. The first-order chi connectivity index (χ1) is 22.2. The number of anilines is 2. The number of thioether (sulfide) groups is 1. The van der Waals surface area contributed by atoms with Crippen LogP contribution >= 0.6 is 47.2 Å². The molecule has 46 heavy (non-hydrogen) atoms. The molecule has 0 saturated carbocycles. The van der Waals surface area contributed by atoms with Gasteiger partial charge < -0.3 is 14.8 Å². The van der Waals surface area contributed by atoms with Crippen LogP contribution in [0.2, 0.25) is 10.0 Å². The zero-order valence-electron chi connectivity index (χ0n) is 24.5. The summed E-state index contributed by atoms with van der Waals surface area (Å²) in [5.41, 5.74) is 3.49. The second-order valence-corrected chi connectivity index (χ2v) is 12.5. The number of amides is 2. The summed E-state index contributed by atoms with van der Waals surface area (Å²) in [6, 6.07) is 21.0. The number of halogens is 3. The first-order valence-corrected chi connectivity index (χ1v) is 16.1. The van der Waals surface area contributed by atoms with E-state index in [1.165, 1.54) is 29.2 Å². The van der Waals surface area contributed by atoms with E-state index in [1.807, 2.05) is 25.1 Å². The van der Waals surface area contributed by atoms with E-state index in [4.69, 9.17) is 44.9 Å². The van der Waals surface area contributed by atoms with Crippen LogP contribution in [0.3, 0.4) is 0 Å². The number of rotatable bonds is 11. The van der Waals surface area contributed by atoms with E-state index in [2.05, 4.69) is 11.9 Å². The SMILES string of the molecule is C=CCc1cc(/C=C2/SC(=S)N(c3cccc(C(=O)Nc4ccc(F)cc4)c3)C2=O)cc(OCC)c1OCc1ccc(Cl)cc1Cl. The van der Waals surface area contributed by atoms with Crippen molar-refractivity contribution in [1.29, 1.82) is 0 Å². The lowest BCUT2D eigenvalue weighted by atomic mass is 10.0. The summed E-state index contributed by atoms with van der Waals surface area (Å²) in [7, 11) is 0. The zero-order chi connectivity index (χ0) is 32.8. The van der Waals surface area contributed by atoms with Gasteiger partial charge in [0.15, 0.2) is 15.8 Å². The number of thiocarbonyl (C=S) groups is 1. The van der Waals surface area contributed by atoms with Crippen molar-refractivity contribution in [2.24, 2.45) is 0 Å². The molecule has 1 saturated heterocycles. The summed E-state index contributed by atoms with van der Waals surface area (Å²) in [4.78, 5) is 28.3. The molecular formula is C35H27Cl2FN2O4S2. The van der Waals surface area contributed by atoms with Crippen molar-refractivity contribution in [3.63, 3.8) is 0 Å². The molecular weight excluding hydrogens is 666 g/mol. The van der Waals surface area contributed by atoms with Crippen LogP contribution in [-0.2, 0) is 17.8 Å². The average molecular weight is 694 g/mol. The Balaban J connectivity index is 1.40. The molecule has 1 fully saturated rings. The highest BCUT2D eigenvalue weighted by Crippen LogP contribution is 2.39. The quantitative estimate of drug-likeness (QED) is 0.0960. The monoisotopic (exact) mass is 692 g/mol. The third-order valence-corrected chi connectivity index (χ3v) is 8.65. The minimum atomic E-state index is -0.409. The van der Waals surface area contributed by atoms with Crippen molar-refractivity contribution < 1.29 is 23.5 Å². The lowest BCUT2D eigenvalue weighted by molar-refractivity contribution is -0.113. The highest BCUT2D eigenvalue weighted by atomic mass is 35.5. The van der Waals surface area contributed by atoms with Crippen molar-refractivity contribution in [1.82, 2.24) is 0 Å². The zero-order valence-corrected chi connectivity index (χ0v) is 27.7. The predicted molar refractivity (Wildman–Crippen MR) is 189 cm³/mol. The number of hydrogen-bond acceptors (Lipinski definition) is 6. The Hall–Kier alpha value is -4.15. The Bertz CT molecular complexity index is 1860. The normalized spacial score (nSPS) is 13.7. The maximum Gasteiger partial charge on any atom is 0.270 e. The highest BCUT2D eigenvalue weighted by molar-refractivity contribution is 8.27. The van der Waals surface area contributed by atoms with Gasteiger partial charge in [-0.1, -0.05) is 65.4 Å². The largest absolute Gasteiger partial charge is 0.490 e. The second-order valence-electron chi connectivity index (χ2n) is 9.99. The number of nitrogens with one attached hydrogen (secondary N) is 1. The molecule has 11 heteroatoms. The number of carbonyl (C=O) groups excluding carboxylic acids is 2. The summed E-state index contributed by atoms with van der Waals surface area (Å²) in [5.74, 6) is -0.0840. The third-order valence-electron chi connectivity index (χ3n) is 6.77. The van der Waals surface area contributed by atoms with E-state index in [0.717, 1.165) is 22.9 Å². The smallest absolute Gasteiger partial charge is 0.270 e. The molecule has 5 rings (SSSR count). The van der Waals surface area contributed by atoms with Gasteiger partial charge >= 0.3 is 0 Å². The molecule has 6 nitrogen and oxygen atoms in total.